The van der Waals surface area contributed by atoms with Crippen molar-refractivity contribution in [2.75, 3.05) is 31.6 Å². The Balaban J connectivity index is 1.41. The number of hydrogen-bond acceptors (Lipinski definition) is 7. The largest absolute Gasteiger partial charge is 0.379 e. The van der Waals surface area contributed by atoms with Crippen LogP contribution >= 0.6 is 11.8 Å². The van der Waals surface area contributed by atoms with E-state index < -0.39 is 15.3 Å². The summed E-state index contributed by atoms with van der Waals surface area (Å²) in [4.78, 5) is 22.0. The van der Waals surface area contributed by atoms with E-state index >= 15 is 0 Å². The number of sulfonamides is 1. The van der Waals surface area contributed by atoms with Gasteiger partial charge in [0.1, 0.15) is 0 Å². The second-order valence-electron chi connectivity index (χ2n) is 7.83. The summed E-state index contributed by atoms with van der Waals surface area (Å²) in [5, 5.41) is 2.90. The van der Waals surface area contributed by atoms with Gasteiger partial charge in [0.2, 0.25) is 15.9 Å². The Morgan fingerprint density at radius 2 is 1.74 bits per heavy atom. The summed E-state index contributed by atoms with van der Waals surface area (Å²) in [6.07, 6.45) is 0. The normalized spacial score (nSPS) is 15.6. The number of benzene rings is 2. The van der Waals surface area contributed by atoms with Crippen LogP contribution in [0.1, 0.15) is 12.6 Å². The van der Waals surface area contributed by atoms with Crippen LogP contribution in [0.2, 0.25) is 0 Å². The average Bonchev–Trinajstić information content (AvgIpc) is 2.85. The van der Waals surface area contributed by atoms with Crippen molar-refractivity contribution in [2.24, 2.45) is 0 Å². The highest BCUT2D eigenvalue weighted by atomic mass is 32.2. The molecule has 4 rings (SSSR count). The number of nitrogens with zero attached hydrogens (tertiary/aromatic N) is 3. The fourth-order valence-corrected chi connectivity index (χ4v) is 5.69. The molecular weight excluding hydrogens is 472 g/mol. The fraction of sp³-hybridized carbons (Fsp3) is 0.292. The zero-order valence-corrected chi connectivity index (χ0v) is 20.6. The van der Waals surface area contributed by atoms with Gasteiger partial charge >= 0.3 is 0 Å². The zero-order valence-electron chi connectivity index (χ0n) is 19.0. The Kier molecular flexibility index (Phi) is 7.62. The second kappa shape index (κ2) is 10.6. The Hall–Kier alpha value is -2.79. The average molecular weight is 499 g/mol. The van der Waals surface area contributed by atoms with Crippen LogP contribution in [0.4, 0.5) is 5.69 Å². The lowest BCUT2D eigenvalue weighted by Gasteiger charge is -2.26. The Morgan fingerprint density at radius 1 is 1.06 bits per heavy atom. The van der Waals surface area contributed by atoms with E-state index in [-0.39, 0.29) is 10.8 Å². The smallest absolute Gasteiger partial charge is 0.243 e. The molecular formula is C24H26N4O4S2. The molecule has 0 aliphatic carbocycles. The minimum atomic E-state index is -3.58. The van der Waals surface area contributed by atoms with Gasteiger partial charge in [-0.05, 0) is 44.2 Å². The van der Waals surface area contributed by atoms with Crippen molar-refractivity contribution in [1.29, 1.82) is 0 Å². The van der Waals surface area contributed by atoms with Crippen LogP contribution in [-0.2, 0) is 19.6 Å². The van der Waals surface area contributed by atoms with Crippen LogP contribution in [0.3, 0.4) is 0 Å². The van der Waals surface area contributed by atoms with E-state index in [4.69, 9.17) is 4.74 Å². The van der Waals surface area contributed by atoms with Crippen molar-refractivity contribution in [1.82, 2.24) is 14.3 Å². The molecule has 1 N–H and O–H groups in total. The van der Waals surface area contributed by atoms with Gasteiger partial charge in [-0.3, -0.25) is 4.79 Å². The van der Waals surface area contributed by atoms with Crippen LogP contribution < -0.4 is 5.32 Å². The van der Waals surface area contributed by atoms with Crippen molar-refractivity contribution in [3.63, 3.8) is 0 Å². The number of carbonyl (C=O) groups excluding carboxylic acids is 1. The van der Waals surface area contributed by atoms with Gasteiger partial charge in [-0.1, -0.05) is 42.1 Å². The van der Waals surface area contributed by atoms with Gasteiger partial charge in [0.05, 0.1) is 29.1 Å². The van der Waals surface area contributed by atoms with Gasteiger partial charge < -0.3 is 10.1 Å². The van der Waals surface area contributed by atoms with Crippen molar-refractivity contribution in [3.05, 3.63) is 66.4 Å². The number of thioether (sulfide) groups is 1. The number of aromatic nitrogens is 2. The fourth-order valence-electron chi connectivity index (χ4n) is 3.45. The summed E-state index contributed by atoms with van der Waals surface area (Å²) in [7, 11) is -3.58. The zero-order chi connectivity index (χ0) is 24.1. The van der Waals surface area contributed by atoms with Gasteiger partial charge in [0, 0.05) is 30.0 Å². The van der Waals surface area contributed by atoms with Gasteiger partial charge in [-0.2, -0.15) is 4.31 Å². The van der Waals surface area contributed by atoms with Gasteiger partial charge in [-0.25, -0.2) is 18.4 Å². The Labute approximate surface area is 203 Å². The first-order chi connectivity index (χ1) is 16.3. The third-order valence-corrected chi connectivity index (χ3v) is 8.16. The van der Waals surface area contributed by atoms with Gasteiger partial charge in [0.15, 0.2) is 5.16 Å². The quantitative estimate of drug-likeness (QED) is 0.392. The monoisotopic (exact) mass is 498 g/mol. The van der Waals surface area contributed by atoms with Crippen molar-refractivity contribution in [2.45, 2.75) is 29.1 Å². The molecule has 1 fully saturated rings. The number of rotatable bonds is 7. The van der Waals surface area contributed by atoms with E-state index in [9.17, 15) is 13.2 Å². The van der Waals surface area contributed by atoms with E-state index in [1.54, 1.807) is 19.1 Å². The number of anilines is 1. The van der Waals surface area contributed by atoms with Crippen molar-refractivity contribution in [3.8, 4) is 11.3 Å². The molecule has 0 bridgehead atoms. The molecule has 0 unspecified atom stereocenters. The molecule has 1 aliphatic heterocycles. The molecule has 2 heterocycles. The van der Waals surface area contributed by atoms with Crippen LogP contribution in [0.15, 0.2) is 70.7 Å². The number of amides is 1. The lowest BCUT2D eigenvalue weighted by molar-refractivity contribution is -0.115. The molecule has 34 heavy (non-hydrogen) atoms. The van der Waals surface area contributed by atoms with Gasteiger partial charge in [0.25, 0.3) is 0 Å². The molecule has 178 valence electrons. The van der Waals surface area contributed by atoms with Crippen LogP contribution in [0.25, 0.3) is 11.3 Å². The van der Waals surface area contributed by atoms with Crippen LogP contribution in [0, 0.1) is 6.92 Å². The predicted molar refractivity (Wildman–Crippen MR) is 132 cm³/mol. The summed E-state index contributed by atoms with van der Waals surface area (Å²) in [5.74, 6) is -0.222. The molecule has 1 amide bonds. The summed E-state index contributed by atoms with van der Waals surface area (Å²) in [5.41, 5.74) is 3.13. The van der Waals surface area contributed by atoms with E-state index in [1.807, 2.05) is 43.3 Å². The lowest BCUT2D eigenvalue weighted by Crippen LogP contribution is -2.40. The summed E-state index contributed by atoms with van der Waals surface area (Å²) < 4.78 is 32.2. The molecule has 1 atom stereocenters. The molecule has 1 saturated heterocycles. The topological polar surface area (TPSA) is 101 Å². The molecule has 1 aliphatic rings. The first kappa shape index (κ1) is 24.3. The molecule has 1 aromatic heterocycles. The van der Waals surface area contributed by atoms with Crippen LogP contribution in [0.5, 0.6) is 0 Å². The minimum Gasteiger partial charge on any atom is -0.379 e. The lowest BCUT2D eigenvalue weighted by atomic mass is 10.1. The van der Waals surface area contributed by atoms with Crippen molar-refractivity contribution < 1.29 is 17.9 Å². The minimum absolute atomic E-state index is 0.191. The van der Waals surface area contributed by atoms with E-state index in [0.717, 1.165) is 17.0 Å². The SMILES string of the molecule is Cc1cc(-c2ccccc2)nc(S[C@@H](C)C(=O)Nc2ccc(S(=O)(=O)N3CCOCC3)cc2)n1. The summed E-state index contributed by atoms with van der Waals surface area (Å²) in [6, 6.07) is 17.9. The highest BCUT2D eigenvalue weighted by Gasteiger charge is 2.26. The maximum atomic E-state index is 12.8. The van der Waals surface area contributed by atoms with Gasteiger partial charge in [-0.15, -0.1) is 0 Å². The number of ether oxygens (including phenoxy) is 1. The number of aryl methyl sites for hydroxylation is 1. The third kappa shape index (κ3) is 5.82. The first-order valence-corrected chi connectivity index (χ1v) is 13.2. The number of carbonyl (C=O) groups is 1. The molecule has 2 aromatic carbocycles. The van der Waals surface area contributed by atoms with E-state index in [1.165, 1.54) is 28.2 Å². The molecule has 8 nitrogen and oxygen atoms in total. The number of hydrogen-bond donors (Lipinski definition) is 1. The predicted octanol–water partition coefficient (Wildman–Crippen LogP) is 3.59. The molecule has 0 spiro atoms. The number of morpholine rings is 1. The Bertz CT molecular complexity index is 1250. The highest BCUT2D eigenvalue weighted by molar-refractivity contribution is 8.00. The highest BCUT2D eigenvalue weighted by Crippen LogP contribution is 2.26. The first-order valence-electron chi connectivity index (χ1n) is 10.9. The molecule has 10 heteroatoms. The molecule has 3 aromatic rings. The standard InChI is InChI=1S/C24H26N4O4S2/c1-17-16-22(19-6-4-3-5-7-19)27-24(25-17)33-18(2)23(29)26-20-8-10-21(11-9-20)34(30,31)28-12-14-32-15-13-28/h3-11,16,18H,12-15H2,1-2H3,(H,26,29)/t18-/m0/s1. The van der Waals surface area contributed by atoms with E-state index in [2.05, 4.69) is 15.3 Å². The Morgan fingerprint density at radius 3 is 2.41 bits per heavy atom. The molecule has 0 saturated carbocycles. The van der Waals surface area contributed by atoms with Crippen LogP contribution in [-0.4, -0.2) is 60.2 Å². The molecule has 0 radical (unpaired) electrons. The second-order valence-corrected chi connectivity index (χ2v) is 11.1. The summed E-state index contributed by atoms with van der Waals surface area (Å²) in [6.45, 7) is 5.13. The third-order valence-electron chi connectivity index (χ3n) is 5.28. The summed E-state index contributed by atoms with van der Waals surface area (Å²) >= 11 is 1.27. The number of nitrogens with one attached hydrogen (secondary N) is 1. The maximum Gasteiger partial charge on any atom is 0.243 e. The van der Waals surface area contributed by atoms with Crippen molar-refractivity contribution >= 4 is 33.4 Å². The maximum absolute atomic E-state index is 12.8. The van der Waals surface area contributed by atoms with E-state index in [0.29, 0.717) is 37.1 Å².